The minimum atomic E-state index is 0.0858. The van der Waals surface area contributed by atoms with Crippen LogP contribution < -0.4 is 5.56 Å². The van der Waals surface area contributed by atoms with E-state index in [4.69, 9.17) is 0 Å². The maximum Gasteiger partial charge on any atom is 0.262 e. The average molecular weight is 338 g/mol. The Morgan fingerprint density at radius 1 is 1.21 bits per heavy atom. The van der Waals surface area contributed by atoms with Crippen molar-refractivity contribution in [3.05, 3.63) is 51.4 Å². The van der Waals surface area contributed by atoms with Gasteiger partial charge in [-0.3, -0.25) is 9.36 Å². The lowest BCUT2D eigenvalue weighted by atomic mass is 9.89. The van der Waals surface area contributed by atoms with Crippen LogP contribution in [0, 0.1) is 5.92 Å². The molecule has 0 aliphatic heterocycles. The van der Waals surface area contributed by atoms with Gasteiger partial charge in [0.05, 0.1) is 11.7 Å². The van der Waals surface area contributed by atoms with Crippen molar-refractivity contribution in [2.75, 3.05) is 0 Å². The Morgan fingerprint density at radius 3 is 2.79 bits per heavy atom. The van der Waals surface area contributed by atoms with Crippen molar-refractivity contribution >= 4 is 21.6 Å². The normalized spacial score (nSPS) is 14.3. The quantitative estimate of drug-likeness (QED) is 0.696. The maximum atomic E-state index is 12.9. The summed E-state index contributed by atoms with van der Waals surface area (Å²) in [6.45, 7) is 4.95. The minimum Gasteiger partial charge on any atom is -0.298 e. The van der Waals surface area contributed by atoms with Crippen molar-refractivity contribution in [1.82, 2.24) is 9.55 Å². The number of aromatic nitrogens is 2. The molecule has 0 unspecified atom stereocenters. The fourth-order valence-corrected chi connectivity index (χ4v) is 4.51. The third-order valence-corrected chi connectivity index (χ3v) is 5.67. The molecule has 3 nitrogen and oxygen atoms in total. The number of nitrogens with zero attached hydrogens (tertiary/aromatic N) is 2. The Balaban J connectivity index is 1.86. The molecule has 3 aromatic rings. The second-order valence-corrected chi connectivity index (χ2v) is 7.97. The largest absolute Gasteiger partial charge is 0.298 e. The molecule has 0 radical (unpaired) electrons. The first-order chi connectivity index (χ1) is 11.6. The molecule has 0 fully saturated rings. The third kappa shape index (κ3) is 2.69. The van der Waals surface area contributed by atoms with Crippen LogP contribution in [0.1, 0.15) is 37.8 Å². The summed E-state index contributed by atoms with van der Waals surface area (Å²) in [5.41, 5.74) is 5.20. The van der Waals surface area contributed by atoms with Gasteiger partial charge in [-0.1, -0.05) is 32.0 Å². The summed E-state index contributed by atoms with van der Waals surface area (Å²) in [6, 6.07) is 6.70. The SMILES string of the molecule is CC(C)Cn1cnc2scc(-c3ccc4c(c3)CCCC4)c2c1=O. The topological polar surface area (TPSA) is 34.9 Å². The number of aryl methyl sites for hydroxylation is 2. The van der Waals surface area contributed by atoms with Gasteiger partial charge in [-0.25, -0.2) is 4.98 Å². The van der Waals surface area contributed by atoms with E-state index in [9.17, 15) is 4.79 Å². The van der Waals surface area contributed by atoms with Crippen LogP contribution in [0.5, 0.6) is 0 Å². The molecule has 0 atom stereocenters. The van der Waals surface area contributed by atoms with E-state index in [1.54, 1.807) is 22.2 Å². The summed E-state index contributed by atoms with van der Waals surface area (Å²) < 4.78 is 1.75. The number of benzene rings is 1. The van der Waals surface area contributed by atoms with Gasteiger partial charge in [0.1, 0.15) is 4.83 Å². The molecule has 0 saturated carbocycles. The molecule has 24 heavy (non-hydrogen) atoms. The van der Waals surface area contributed by atoms with Gasteiger partial charge in [0.15, 0.2) is 0 Å². The van der Waals surface area contributed by atoms with E-state index in [0.717, 1.165) is 27.8 Å². The van der Waals surface area contributed by atoms with Crippen molar-refractivity contribution in [3.8, 4) is 11.1 Å². The maximum absolute atomic E-state index is 12.9. The number of hydrogen-bond donors (Lipinski definition) is 0. The van der Waals surface area contributed by atoms with Crippen molar-refractivity contribution in [1.29, 1.82) is 0 Å². The van der Waals surface area contributed by atoms with Crippen LogP contribution in [-0.4, -0.2) is 9.55 Å². The van der Waals surface area contributed by atoms with E-state index in [1.165, 1.54) is 30.4 Å². The van der Waals surface area contributed by atoms with Crippen LogP contribution in [0.4, 0.5) is 0 Å². The zero-order valence-electron chi connectivity index (χ0n) is 14.2. The third-order valence-electron chi connectivity index (χ3n) is 4.78. The highest BCUT2D eigenvalue weighted by molar-refractivity contribution is 7.17. The van der Waals surface area contributed by atoms with Gasteiger partial charge in [0.25, 0.3) is 5.56 Å². The second-order valence-electron chi connectivity index (χ2n) is 7.12. The Labute approximate surface area is 146 Å². The van der Waals surface area contributed by atoms with E-state index in [2.05, 4.69) is 42.4 Å². The molecule has 2 heterocycles. The van der Waals surface area contributed by atoms with Gasteiger partial charge in [-0.2, -0.15) is 0 Å². The standard InChI is InChI=1S/C20H22N2OS/c1-13(2)10-22-12-21-19-18(20(22)23)17(11-24-19)16-8-7-14-5-3-4-6-15(14)9-16/h7-9,11-13H,3-6,10H2,1-2H3. The Bertz CT molecular complexity index is 952. The van der Waals surface area contributed by atoms with Crippen molar-refractivity contribution in [3.63, 3.8) is 0 Å². The molecule has 124 valence electrons. The van der Waals surface area contributed by atoms with Gasteiger partial charge in [0.2, 0.25) is 0 Å². The Kier molecular flexibility index (Phi) is 4.01. The van der Waals surface area contributed by atoms with Crippen molar-refractivity contribution < 1.29 is 0 Å². The van der Waals surface area contributed by atoms with Crippen LogP contribution in [0.2, 0.25) is 0 Å². The van der Waals surface area contributed by atoms with E-state index in [-0.39, 0.29) is 5.56 Å². The molecular weight excluding hydrogens is 316 g/mol. The van der Waals surface area contributed by atoms with Crippen LogP contribution in [-0.2, 0) is 19.4 Å². The van der Waals surface area contributed by atoms with Gasteiger partial charge >= 0.3 is 0 Å². The molecule has 0 saturated heterocycles. The average Bonchev–Trinajstić information content (AvgIpc) is 3.01. The molecule has 0 N–H and O–H groups in total. The molecule has 0 spiro atoms. The number of hydrogen-bond acceptors (Lipinski definition) is 3. The van der Waals surface area contributed by atoms with Crippen LogP contribution >= 0.6 is 11.3 Å². The zero-order chi connectivity index (χ0) is 16.7. The molecule has 4 rings (SSSR count). The summed E-state index contributed by atoms with van der Waals surface area (Å²) in [7, 11) is 0. The molecule has 1 aliphatic rings. The lowest BCUT2D eigenvalue weighted by molar-refractivity contribution is 0.508. The fourth-order valence-electron chi connectivity index (χ4n) is 3.60. The summed E-state index contributed by atoms with van der Waals surface area (Å²) >= 11 is 1.56. The van der Waals surface area contributed by atoms with Crippen LogP contribution in [0.25, 0.3) is 21.3 Å². The predicted molar refractivity (Wildman–Crippen MR) is 101 cm³/mol. The highest BCUT2D eigenvalue weighted by Crippen LogP contribution is 2.33. The molecule has 1 aliphatic carbocycles. The highest BCUT2D eigenvalue weighted by atomic mass is 32.1. The van der Waals surface area contributed by atoms with E-state index in [0.29, 0.717) is 12.5 Å². The molecule has 0 amide bonds. The van der Waals surface area contributed by atoms with Crippen molar-refractivity contribution in [2.45, 2.75) is 46.1 Å². The minimum absolute atomic E-state index is 0.0858. The number of thiophene rings is 1. The number of fused-ring (bicyclic) bond motifs is 2. The summed E-state index contributed by atoms with van der Waals surface area (Å²) in [5.74, 6) is 0.424. The second kappa shape index (κ2) is 6.17. The Hall–Kier alpha value is -1.94. The summed E-state index contributed by atoms with van der Waals surface area (Å²) in [6.07, 6.45) is 6.59. The fraction of sp³-hybridized carbons (Fsp3) is 0.400. The van der Waals surface area contributed by atoms with E-state index >= 15 is 0 Å². The van der Waals surface area contributed by atoms with Gasteiger partial charge < -0.3 is 0 Å². The van der Waals surface area contributed by atoms with Crippen LogP contribution in [0.15, 0.2) is 34.7 Å². The lowest BCUT2D eigenvalue weighted by Crippen LogP contribution is -2.22. The lowest BCUT2D eigenvalue weighted by Gasteiger charge is -2.16. The Morgan fingerprint density at radius 2 is 2.00 bits per heavy atom. The van der Waals surface area contributed by atoms with Gasteiger partial charge in [0, 0.05) is 17.5 Å². The van der Waals surface area contributed by atoms with Gasteiger partial charge in [-0.05, 0) is 48.3 Å². The summed E-state index contributed by atoms with van der Waals surface area (Å²) in [5, 5.41) is 2.86. The molecule has 0 bridgehead atoms. The molecule has 4 heteroatoms. The summed E-state index contributed by atoms with van der Waals surface area (Å²) in [4.78, 5) is 18.3. The first-order valence-electron chi connectivity index (χ1n) is 8.72. The molecule has 1 aromatic carbocycles. The monoisotopic (exact) mass is 338 g/mol. The number of rotatable bonds is 3. The first kappa shape index (κ1) is 15.6. The molecule has 2 aromatic heterocycles. The predicted octanol–water partition coefficient (Wildman–Crippen LogP) is 4.66. The first-order valence-corrected chi connectivity index (χ1v) is 9.60. The molecular formula is C20H22N2OS. The van der Waals surface area contributed by atoms with Gasteiger partial charge in [-0.15, -0.1) is 11.3 Å². The van der Waals surface area contributed by atoms with E-state index < -0.39 is 0 Å². The van der Waals surface area contributed by atoms with Crippen LogP contribution in [0.3, 0.4) is 0 Å². The van der Waals surface area contributed by atoms with E-state index in [1.807, 2.05) is 0 Å². The smallest absolute Gasteiger partial charge is 0.262 e. The highest BCUT2D eigenvalue weighted by Gasteiger charge is 2.16. The van der Waals surface area contributed by atoms with Crippen molar-refractivity contribution in [2.24, 2.45) is 5.92 Å². The zero-order valence-corrected chi connectivity index (χ0v) is 15.0.